The number of benzene rings is 1. The molecule has 1 aliphatic heterocycles. The Morgan fingerprint density at radius 2 is 2.23 bits per heavy atom. The zero-order valence-corrected chi connectivity index (χ0v) is 13.9. The van der Waals surface area contributed by atoms with E-state index in [-0.39, 0.29) is 17.2 Å². The van der Waals surface area contributed by atoms with E-state index in [4.69, 9.17) is 15.2 Å². The molecular weight excluding hydrogens is 280 g/mol. The van der Waals surface area contributed by atoms with E-state index in [1.807, 2.05) is 25.2 Å². The highest BCUT2D eigenvalue weighted by molar-refractivity contribution is 5.79. The van der Waals surface area contributed by atoms with Crippen LogP contribution in [0.5, 0.6) is 11.5 Å². The fourth-order valence-corrected chi connectivity index (χ4v) is 2.75. The molecule has 1 heterocycles. The number of fused-ring (bicyclic) bond motifs is 1. The molecule has 22 heavy (non-hydrogen) atoms. The molecule has 122 valence electrons. The van der Waals surface area contributed by atoms with E-state index in [0.29, 0.717) is 26.1 Å². The minimum absolute atomic E-state index is 0.0823. The number of rotatable bonds is 5. The molecule has 1 amide bonds. The van der Waals surface area contributed by atoms with Crippen LogP contribution in [0.1, 0.15) is 19.4 Å². The Hall–Kier alpha value is -1.75. The van der Waals surface area contributed by atoms with Crippen molar-refractivity contribution in [1.29, 1.82) is 0 Å². The maximum atomic E-state index is 12.6. The second kappa shape index (κ2) is 6.57. The summed E-state index contributed by atoms with van der Waals surface area (Å²) in [6, 6.07) is 5.71. The van der Waals surface area contributed by atoms with Crippen LogP contribution in [0.2, 0.25) is 0 Å². The van der Waals surface area contributed by atoms with E-state index in [9.17, 15) is 4.79 Å². The minimum atomic E-state index is -0.154. The highest BCUT2D eigenvalue weighted by Gasteiger charge is 2.30. The first-order valence-corrected chi connectivity index (χ1v) is 7.61. The summed E-state index contributed by atoms with van der Waals surface area (Å²) < 4.78 is 11.0. The molecule has 0 fully saturated rings. The highest BCUT2D eigenvalue weighted by atomic mass is 16.5. The summed E-state index contributed by atoms with van der Waals surface area (Å²) in [6.07, 6.45) is 0.679. The second-order valence-electron chi connectivity index (χ2n) is 6.75. The lowest BCUT2D eigenvalue weighted by Gasteiger charge is -2.33. The van der Waals surface area contributed by atoms with Crippen LogP contribution in [0.25, 0.3) is 0 Å². The summed E-state index contributed by atoms with van der Waals surface area (Å²) in [5.74, 6) is 1.58. The quantitative estimate of drug-likeness (QED) is 0.899. The molecule has 0 aromatic heterocycles. The van der Waals surface area contributed by atoms with Crippen molar-refractivity contribution in [3.05, 3.63) is 23.8 Å². The Bertz CT molecular complexity index is 543. The van der Waals surface area contributed by atoms with E-state index in [1.54, 1.807) is 12.0 Å². The third-order valence-corrected chi connectivity index (χ3v) is 4.12. The number of hydrogen-bond donors (Lipinski definition) is 1. The molecule has 1 unspecified atom stereocenters. The molecule has 1 aliphatic rings. The first kappa shape index (κ1) is 16.6. The van der Waals surface area contributed by atoms with E-state index in [0.717, 1.165) is 17.1 Å². The van der Waals surface area contributed by atoms with Crippen LogP contribution in [0.3, 0.4) is 0 Å². The average Bonchev–Trinajstić information content (AvgIpc) is 2.52. The summed E-state index contributed by atoms with van der Waals surface area (Å²) in [6.45, 7) is 5.74. The fraction of sp³-hybridized carbons (Fsp3) is 0.588. The van der Waals surface area contributed by atoms with Gasteiger partial charge in [-0.25, -0.2) is 0 Å². The maximum absolute atomic E-state index is 12.6. The number of carbonyl (C=O) groups is 1. The highest BCUT2D eigenvalue weighted by Crippen LogP contribution is 2.31. The maximum Gasteiger partial charge on any atom is 0.229 e. The van der Waals surface area contributed by atoms with Crippen LogP contribution in [-0.2, 0) is 11.2 Å². The van der Waals surface area contributed by atoms with Crippen LogP contribution < -0.4 is 15.2 Å². The van der Waals surface area contributed by atoms with Gasteiger partial charge in [0.15, 0.2) is 0 Å². The fourth-order valence-electron chi connectivity index (χ4n) is 2.75. The second-order valence-corrected chi connectivity index (χ2v) is 6.75. The number of methoxy groups -OCH3 is 1. The number of hydrogen-bond acceptors (Lipinski definition) is 4. The first-order valence-electron chi connectivity index (χ1n) is 7.61. The van der Waals surface area contributed by atoms with Gasteiger partial charge < -0.3 is 20.1 Å². The molecule has 1 aromatic carbocycles. The number of amides is 1. The number of carbonyl (C=O) groups excluding carboxylic acids is 1. The number of nitrogens with zero attached hydrogens (tertiary/aromatic N) is 1. The molecule has 0 spiro atoms. The predicted molar refractivity (Wildman–Crippen MR) is 86.2 cm³/mol. The third-order valence-electron chi connectivity index (χ3n) is 4.12. The summed E-state index contributed by atoms with van der Waals surface area (Å²) in [7, 11) is 3.47. The zero-order valence-electron chi connectivity index (χ0n) is 13.9. The summed E-state index contributed by atoms with van der Waals surface area (Å²) in [5.41, 5.74) is 6.69. The van der Waals surface area contributed by atoms with Gasteiger partial charge in [0.05, 0.1) is 13.0 Å². The molecule has 5 heteroatoms. The van der Waals surface area contributed by atoms with Crippen molar-refractivity contribution in [1.82, 2.24) is 4.90 Å². The van der Waals surface area contributed by atoms with Crippen LogP contribution in [-0.4, -0.2) is 44.7 Å². The molecule has 2 N–H and O–H groups in total. The largest absolute Gasteiger partial charge is 0.497 e. The van der Waals surface area contributed by atoms with Gasteiger partial charge in [-0.1, -0.05) is 13.8 Å². The van der Waals surface area contributed by atoms with Crippen molar-refractivity contribution in [2.45, 2.75) is 20.3 Å². The van der Waals surface area contributed by atoms with Gasteiger partial charge >= 0.3 is 0 Å². The average molecular weight is 306 g/mol. The summed E-state index contributed by atoms with van der Waals surface area (Å²) >= 11 is 0. The van der Waals surface area contributed by atoms with E-state index in [2.05, 4.69) is 13.8 Å². The van der Waals surface area contributed by atoms with Crippen LogP contribution in [0.4, 0.5) is 0 Å². The van der Waals surface area contributed by atoms with Crippen LogP contribution in [0.15, 0.2) is 18.2 Å². The monoisotopic (exact) mass is 306 g/mol. The van der Waals surface area contributed by atoms with Crippen molar-refractivity contribution in [2.75, 3.05) is 33.9 Å². The van der Waals surface area contributed by atoms with Gasteiger partial charge in [0.2, 0.25) is 5.91 Å². The van der Waals surface area contributed by atoms with E-state index < -0.39 is 0 Å². The Morgan fingerprint density at radius 3 is 2.86 bits per heavy atom. The Kier molecular flexibility index (Phi) is 4.96. The van der Waals surface area contributed by atoms with E-state index in [1.165, 1.54) is 0 Å². The molecule has 5 nitrogen and oxygen atoms in total. The zero-order chi connectivity index (χ0) is 16.3. The van der Waals surface area contributed by atoms with Crippen molar-refractivity contribution in [2.24, 2.45) is 17.1 Å². The lowest BCUT2D eigenvalue weighted by molar-refractivity contribution is -0.136. The lowest BCUT2D eigenvalue weighted by atomic mass is 9.91. The standard InChI is InChI=1S/C17H26N2O3/c1-17(2,10-18)11-19(3)16(20)13-7-12-8-14(21-4)5-6-15(12)22-9-13/h5-6,8,13H,7,9-11,18H2,1-4H3. The van der Waals surface area contributed by atoms with Crippen molar-refractivity contribution in [3.63, 3.8) is 0 Å². The Labute approximate surface area is 132 Å². The van der Waals surface area contributed by atoms with Gasteiger partial charge in [-0.15, -0.1) is 0 Å². The van der Waals surface area contributed by atoms with Crippen molar-refractivity contribution >= 4 is 5.91 Å². The van der Waals surface area contributed by atoms with Crippen LogP contribution in [0, 0.1) is 11.3 Å². The molecule has 1 aromatic rings. The minimum Gasteiger partial charge on any atom is -0.497 e. The van der Waals surface area contributed by atoms with E-state index >= 15 is 0 Å². The van der Waals surface area contributed by atoms with Crippen molar-refractivity contribution in [3.8, 4) is 11.5 Å². The number of nitrogens with two attached hydrogens (primary N) is 1. The normalized spacial score (nSPS) is 17.4. The third kappa shape index (κ3) is 3.71. The molecule has 0 saturated heterocycles. The smallest absolute Gasteiger partial charge is 0.229 e. The summed E-state index contributed by atoms with van der Waals surface area (Å²) in [5, 5.41) is 0. The first-order chi connectivity index (χ1) is 10.4. The molecule has 2 rings (SSSR count). The van der Waals surface area contributed by atoms with Gasteiger partial charge in [-0.3, -0.25) is 4.79 Å². The Morgan fingerprint density at radius 1 is 1.50 bits per heavy atom. The SMILES string of the molecule is COc1ccc2c(c1)CC(C(=O)N(C)CC(C)(C)CN)CO2. The van der Waals surface area contributed by atoms with Gasteiger partial charge in [0.1, 0.15) is 18.1 Å². The van der Waals surface area contributed by atoms with Gasteiger partial charge in [0.25, 0.3) is 0 Å². The number of ether oxygens (including phenoxy) is 2. The molecule has 0 saturated carbocycles. The molecular formula is C17H26N2O3. The van der Waals surface area contributed by atoms with Crippen molar-refractivity contribution < 1.29 is 14.3 Å². The molecule has 0 bridgehead atoms. The predicted octanol–water partition coefficient (Wildman–Crippen LogP) is 1.69. The topological polar surface area (TPSA) is 64.8 Å². The lowest BCUT2D eigenvalue weighted by Crippen LogP contribution is -2.44. The molecule has 1 atom stereocenters. The van der Waals surface area contributed by atoms with Gasteiger partial charge in [0, 0.05) is 13.6 Å². The Balaban J connectivity index is 2.06. The van der Waals surface area contributed by atoms with Crippen LogP contribution >= 0.6 is 0 Å². The molecule has 0 radical (unpaired) electrons. The van der Waals surface area contributed by atoms with Gasteiger partial charge in [-0.05, 0) is 42.1 Å². The van der Waals surface area contributed by atoms with Gasteiger partial charge in [-0.2, -0.15) is 0 Å². The summed E-state index contributed by atoms with van der Waals surface area (Å²) in [4.78, 5) is 14.4. The molecule has 0 aliphatic carbocycles.